The molecule has 0 spiro atoms. The lowest BCUT2D eigenvalue weighted by atomic mass is 10.0. The van der Waals surface area contributed by atoms with E-state index in [1.807, 2.05) is 32.0 Å². The molecule has 2 amide bonds. The molecular formula is C24H26ClN3O3. The van der Waals surface area contributed by atoms with Gasteiger partial charge in [0.2, 0.25) is 0 Å². The summed E-state index contributed by atoms with van der Waals surface area (Å²) in [5.74, 6) is 0. The molecule has 1 fully saturated rings. The molecule has 6 nitrogen and oxygen atoms in total. The Balaban J connectivity index is 1.63. The number of carbonyl (C=O) groups excluding carboxylic acids is 1. The third kappa shape index (κ3) is 4.92. The molecule has 1 atom stereocenters. The molecule has 1 aliphatic heterocycles. The van der Waals surface area contributed by atoms with Gasteiger partial charge in [-0.3, -0.25) is 4.79 Å². The van der Waals surface area contributed by atoms with E-state index in [1.54, 1.807) is 29.2 Å². The van der Waals surface area contributed by atoms with Gasteiger partial charge < -0.3 is 19.9 Å². The molecule has 2 N–H and O–H groups in total. The molecule has 1 aliphatic rings. The molecule has 1 saturated heterocycles. The normalized spacial score (nSPS) is 15.9. The van der Waals surface area contributed by atoms with Gasteiger partial charge in [-0.2, -0.15) is 0 Å². The quantitative estimate of drug-likeness (QED) is 0.586. The molecule has 2 heterocycles. The summed E-state index contributed by atoms with van der Waals surface area (Å²) >= 11 is 5.94. The number of nitrogens with one attached hydrogen (secondary N) is 2. The third-order valence-corrected chi connectivity index (χ3v) is 5.96. The van der Waals surface area contributed by atoms with Gasteiger partial charge in [-0.1, -0.05) is 23.7 Å². The highest BCUT2D eigenvalue weighted by Crippen LogP contribution is 2.22. The molecule has 0 bridgehead atoms. The maximum Gasteiger partial charge on any atom is 0.322 e. The Morgan fingerprint density at radius 2 is 1.94 bits per heavy atom. The van der Waals surface area contributed by atoms with Crippen molar-refractivity contribution in [3.05, 3.63) is 74.5 Å². The van der Waals surface area contributed by atoms with Gasteiger partial charge in [-0.15, -0.1) is 0 Å². The number of ether oxygens (including phenoxy) is 1. The Labute approximate surface area is 186 Å². The van der Waals surface area contributed by atoms with E-state index in [1.165, 1.54) is 0 Å². The largest absolute Gasteiger partial charge is 0.376 e. The van der Waals surface area contributed by atoms with Crippen LogP contribution in [0.15, 0.2) is 47.3 Å². The van der Waals surface area contributed by atoms with E-state index in [2.05, 4.69) is 10.3 Å². The van der Waals surface area contributed by atoms with Gasteiger partial charge in [0.25, 0.3) is 5.56 Å². The average Bonchev–Trinajstić information content (AvgIpc) is 3.26. The number of carbonyl (C=O) groups is 1. The van der Waals surface area contributed by atoms with Crippen LogP contribution >= 0.6 is 11.6 Å². The third-order valence-electron chi connectivity index (χ3n) is 5.71. The van der Waals surface area contributed by atoms with Gasteiger partial charge in [0.05, 0.1) is 18.2 Å². The summed E-state index contributed by atoms with van der Waals surface area (Å²) in [7, 11) is 0. The predicted octanol–water partition coefficient (Wildman–Crippen LogP) is 5.01. The van der Waals surface area contributed by atoms with Gasteiger partial charge in [0, 0.05) is 34.8 Å². The van der Waals surface area contributed by atoms with Gasteiger partial charge in [0.1, 0.15) is 0 Å². The van der Waals surface area contributed by atoms with Crippen LogP contribution in [-0.4, -0.2) is 35.2 Å². The molecule has 4 rings (SSSR count). The number of amides is 2. The lowest BCUT2D eigenvalue weighted by molar-refractivity contribution is 0.0818. The van der Waals surface area contributed by atoms with Crippen molar-refractivity contribution in [2.24, 2.45) is 0 Å². The highest BCUT2D eigenvalue weighted by Gasteiger charge is 2.24. The minimum atomic E-state index is -0.279. The van der Waals surface area contributed by atoms with E-state index < -0.39 is 0 Å². The minimum Gasteiger partial charge on any atom is -0.376 e. The lowest BCUT2D eigenvalue weighted by Crippen LogP contribution is -2.40. The molecule has 0 radical (unpaired) electrons. The number of rotatable bonds is 5. The molecule has 1 unspecified atom stereocenters. The number of fused-ring (bicyclic) bond motifs is 1. The number of aromatic amines is 1. The van der Waals surface area contributed by atoms with Crippen LogP contribution in [0.3, 0.4) is 0 Å². The minimum absolute atomic E-state index is 0.0283. The number of anilines is 1. The zero-order valence-electron chi connectivity index (χ0n) is 17.7. The fourth-order valence-corrected chi connectivity index (χ4v) is 4.06. The van der Waals surface area contributed by atoms with E-state index in [9.17, 15) is 9.59 Å². The lowest BCUT2D eigenvalue weighted by Gasteiger charge is -2.26. The molecule has 7 heteroatoms. The summed E-state index contributed by atoms with van der Waals surface area (Å²) < 4.78 is 5.75. The maximum atomic E-state index is 13.1. The average molecular weight is 440 g/mol. The summed E-state index contributed by atoms with van der Waals surface area (Å²) in [5.41, 5.74) is 3.94. The van der Waals surface area contributed by atoms with Crippen LogP contribution in [0.2, 0.25) is 5.02 Å². The summed E-state index contributed by atoms with van der Waals surface area (Å²) in [6.07, 6.45) is 1.85. The first-order chi connectivity index (χ1) is 14.9. The van der Waals surface area contributed by atoms with Crippen LogP contribution in [0.1, 0.15) is 29.5 Å². The molecule has 162 valence electrons. The standard InChI is InChI=1S/C24H26ClN3O3/c1-15-5-6-16(2)22-21(15)12-17(23(29)27-22)13-28(14-20-4-3-11-31-20)24(30)26-19-9-7-18(25)8-10-19/h5-10,12,20H,3-4,11,13-14H2,1-2H3,(H,26,30)(H,27,29). The SMILES string of the molecule is Cc1ccc(C)c2[nH]c(=O)c(CN(CC3CCCO3)C(=O)Nc3ccc(Cl)cc3)cc12. The Hall–Kier alpha value is -2.83. The summed E-state index contributed by atoms with van der Waals surface area (Å²) in [4.78, 5) is 30.6. The summed E-state index contributed by atoms with van der Waals surface area (Å²) in [6, 6.07) is 12.6. The van der Waals surface area contributed by atoms with Gasteiger partial charge >= 0.3 is 6.03 Å². The van der Waals surface area contributed by atoms with E-state index in [0.717, 1.165) is 34.9 Å². The first-order valence-corrected chi connectivity index (χ1v) is 10.8. The van der Waals surface area contributed by atoms with E-state index in [0.29, 0.717) is 29.4 Å². The fourth-order valence-electron chi connectivity index (χ4n) is 3.93. The van der Waals surface area contributed by atoms with Crippen LogP contribution in [0.5, 0.6) is 0 Å². The molecule has 31 heavy (non-hydrogen) atoms. The molecular weight excluding hydrogens is 414 g/mol. The van der Waals surface area contributed by atoms with Crippen molar-refractivity contribution in [2.75, 3.05) is 18.5 Å². The Morgan fingerprint density at radius 1 is 1.19 bits per heavy atom. The molecule has 0 aliphatic carbocycles. The number of nitrogens with zero attached hydrogens (tertiary/aromatic N) is 1. The molecule has 1 aromatic heterocycles. The van der Waals surface area contributed by atoms with Gasteiger partial charge in [-0.05, 0) is 68.1 Å². The van der Waals surface area contributed by atoms with Gasteiger partial charge in [-0.25, -0.2) is 4.79 Å². The molecule has 2 aromatic carbocycles. The van der Waals surface area contributed by atoms with Crippen molar-refractivity contribution in [3.8, 4) is 0 Å². The number of urea groups is 1. The van der Waals surface area contributed by atoms with Crippen molar-refractivity contribution in [3.63, 3.8) is 0 Å². The predicted molar refractivity (Wildman–Crippen MR) is 124 cm³/mol. The van der Waals surface area contributed by atoms with Crippen LogP contribution in [-0.2, 0) is 11.3 Å². The smallest absolute Gasteiger partial charge is 0.322 e. The number of aryl methyl sites for hydroxylation is 2. The number of hydrogen-bond donors (Lipinski definition) is 2. The topological polar surface area (TPSA) is 74.4 Å². The Morgan fingerprint density at radius 3 is 2.65 bits per heavy atom. The van der Waals surface area contributed by atoms with Crippen molar-refractivity contribution in [1.29, 1.82) is 0 Å². The Kier molecular flexibility index (Phi) is 6.30. The van der Waals surface area contributed by atoms with E-state index >= 15 is 0 Å². The number of halogens is 1. The maximum absolute atomic E-state index is 13.1. The summed E-state index contributed by atoms with van der Waals surface area (Å²) in [6.45, 7) is 5.30. The number of benzene rings is 2. The molecule has 3 aromatic rings. The second kappa shape index (κ2) is 9.12. The van der Waals surface area contributed by atoms with Crippen molar-refractivity contribution < 1.29 is 9.53 Å². The van der Waals surface area contributed by atoms with Crippen molar-refractivity contribution in [2.45, 2.75) is 39.3 Å². The van der Waals surface area contributed by atoms with E-state index in [-0.39, 0.29) is 24.2 Å². The number of hydrogen-bond acceptors (Lipinski definition) is 3. The van der Waals surface area contributed by atoms with Crippen LogP contribution in [0, 0.1) is 13.8 Å². The second-order valence-corrected chi connectivity index (χ2v) is 8.50. The zero-order chi connectivity index (χ0) is 22.0. The zero-order valence-corrected chi connectivity index (χ0v) is 18.5. The van der Waals surface area contributed by atoms with Crippen molar-refractivity contribution >= 4 is 34.2 Å². The number of aromatic nitrogens is 1. The number of H-pyrrole nitrogens is 1. The second-order valence-electron chi connectivity index (χ2n) is 8.06. The van der Waals surface area contributed by atoms with Crippen molar-refractivity contribution in [1.82, 2.24) is 9.88 Å². The van der Waals surface area contributed by atoms with Crippen LogP contribution in [0.4, 0.5) is 10.5 Å². The highest BCUT2D eigenvalue weighted by atomic mass is 35.5. The monoisotopic (exact) mass is 439 g/mol. The van der Waals surface area contributed by atoms with Crippen LogP contribution < -0.4 is 10.9 Å². The van der Waals surface area contributed by atoms with Gasteiger partial charge in [0.15, 0.2) is 0 Å². The Bertz CT molecular complexity index is 1150. The first kappa shape index (κ1) is 21.4. The fraction of sp³-hybridized carbons (Fsp3) is 0.333. The van der Waals surface area contributed by atoms with Crippen LogP contribution in [0.25, 0.3) is 10.9 Å². The highest BCUT2D eigenvalue weighted by molar-refractivity contribution is 6.30. The van der Waals surface area contributed by atoms with E-state index in [4.69, 9.17) is 16.3 Å². The molecule has 0 saturated carbocycles. The number of pyridine rings is 1. The first-order valence-electron chi connectivity index (χ1n) is 10.5. The summed E-state index contributed by atoms with van der Waals surface area (Å²) in [5, 5.41) is 4.49.